The number of hydrogen-bond acceptors (Lipinski definition) is 2. The van der Waals surface area contributed by atoms with Crippen LogP contribution in [0, 0.1) is 0 Å². The first-order valence-corrected chi connectivity index (χ1v) is 6.15. The minimum Gasteiger partial charge on any atom is -0.342 e. The van der Waals surface area contributed by atoms with Crippen molar-refractivity contribution in [3.8, 4) is 11.3 Å². The summed E-state index contributed by atoms with van der Waals surface area (Å²) in [6.45, 7) is 0.669. The molecule has 3 nitrogen and oxygen atoms in total. The molecule has 0 bridgehead atoms. The Morgan fingerprint density at radius 2 is 2.06 bits per heavy atom. The average Bonchev–Trinajstić information content (AvgIpc) is 2.79. The van der Waals surface area contributed by atoms with E-state index in [0.717, 1.165) is 29.9 Å². The van der Waals surface area contributed by atoms with E-state index in [0.29, 0.717) is 16.6 Å². The van der Waals surface area contributed by atoms with Gasteiger partial charge in [0.15, 0.2) is 0 Å². The maximum atomic E-state index is 5.97. The molecule has 17 heavy (non-hydrogen) atoms. The molecule has 1 aromatic heterocycles. The fourth-order valence-electron chi connectivity index (χ4n) is 1.57. The van der Waals surface area contributed by atoms with Crippen LogP contribution < -0.4 is 5.73 Å². The minimum atomic E-state index is 0.544. The summed E-state index contributed by atoms with van der Waals surface area (Å²) >= 11 is 11.8. The standard InChI is InChI=1S/C12H13Cl2N3/c13-9-4-3-8(6-10(9)14)11-7-16-12(17-11)2-1-5-15/h3-4,6-7H,1-2,5,15H2,(H,16,17). The van der Waals surface area contributed by atoms with Gasteiger partial charge in [-0.05, 0) is 25.1 Å². The number of halogens is 2. The van der Waals surface area contributed by atoms with Gasteiger partial charge in [-0.1, -0.05) is 29.3 Å². The fraction of sp³-hybridized carbons (Fsp3) is 0.250. The molecule has 0 atom stereocenters. The molecule has 90 valence electrons. The van der Waals surface area contributed by atoms with E-state index in [9.17, 15) is 0 Å². The van der Waals surface area contributed by atoms with Crippen LogP contribution >= 0.6 is 23.2 Å². The van der Waals surface area contributed by atoms with Crippen molar-refractivity contribution in [2.24, 2.45) is 5.73 Å². The van der Waals surface area contributed by atoms with Gasteiger partial charge in [-0.15, -0.1) is 0 Å². The van der Waals surface area contributed by atoms with Crippen LogP contribution in [0.1, 0.15) is 12.2 Å². The Hall–Kier alpha value is -1.03. The normalized spacial score (nSPS) is 10.8. The number of benzene rings is 1. The number of rotatable bonds is 4. The van der Waals surface area contributed by atoms with Gasteiger partial charge < -0.3 is 10.7 Å². The van der Waals surface area contributed by atoms with Crippen LogP contribution in [0.25, 0.3) is 11.3 Å². The van der Waals surface area contributed by atoms with Crippen molar-refractivity contribution in [1.29, 1.82) is 0 Å². The van der Waals surface area contributed by atoms with E-state index in [4.69, 9.17) is 28.9 Å². The molecule has 0 saturated carbocycles. The summed E-state index contributed by atoms with van der Waals surface area (Å²) in [7, 11) is 0. The third-order valence-corrected chi connectivity index (χ3v) is 3.22. The maximum Gasteiger partial charge on any atom is 0.106 e. The van der Waals surface area contributed by atoms with Gasteiger partial charge in [-0.25, -0.2) is 4.98 Å². The Labute approximate surface area is 110 Å². The predicted molar refractivity (Wildman–Crippen MR) is 71.4 cm³/mol. The molecule has 0 aliphatic carbocycles. The average molecular weight is 270 g/mol. The van der Waals surface area contributed by atoms with Crippen LogP contribution in [0.2, 0.25) is 10.0 Å². The van der Waals surface area contributed by atoms with Crippen molar-refractivity contribution in [3.05, 3.63) is 40.3 Å². The molecular formula is C12H13Cl2N3. The number of H-pyrrole nitrogens is 1. The molecule has 0 aliphatic rings. The van der Waals surface area contributed by atoms with Crippen molar-refractivity contribution >= 4 is 23.2 Å². The lowest BCUT2D eigenvalue weighted by molar-refractivity contribution is 0.794. The van der Waals surface area contributed by atoms with E-state index in [1.54, 1.807) is 12.3 Å². The largest absolute Gasteiger partial charge is 0.342 e. The van der Waals surface area contributed by atoms with Crippen molar-refractivity contribution in [3.63, 3.8) is 0 Å². The number of aromatic nitrogens is 2. The number of aryl methyl sites for hydroxylation is 1. The highest BCUT2D eigenvalue weighted by Crippen LogP contribution is 2.27. The first kappa shape index (κ1) is 12.4. The van der Waals surface area contributed by atoms with E-state index >= 15 is 0 Å². The SMILES string of the molecule is NCCCc1ncc(-c2ccc(Cl)c(Cl)c2)[nH]1. The fourth-order valence-corrected chi connectivity index (χ4v) is 1.87. The summed E-state index contributed by atoms with van der Waals surface area (Å²) in [5, 5.41) is 1.10. The lowest BCUT2D eigenvalue weighted by atomic mass is 10.2. The van der Waals surface area contributed by atoms with E-state index in [1.807, 2.05) is 12.1 Å². The van der Waals surface area contributed by atoms with Gasteiger partial charge in [-0.2, -0.15) is 0 Å². The minimum absolute atomic E-state index is 0.544. The molecular weight excluding hydrogens is 257 g/mol. The number of hydrogen-bond donors (Lipinski definition) is 2. The zero-order chi connectivity index (χ0) is 12.3. The van der Waals surface area contributed by atoms with Crippen LogP contribution in [0.4, 0.5) is 0 Å². The second-order valence-corrected chi connectivity index (χ2v) is 4.58. The third-order valence-electron chi connectivity index (χ3n) is 2.48. The maximum absolute atomic E-state index is 5.97. The van der Waals surface area contributed by atoms with E-state index < -0.39 is 0 Å². The van der Waals surface area contributed by atoms with Crippen molar-refractivity contribution in [2.75, 3.05) is 6.54 Å². The smallest absolute Gasteiger partial charge is 0.106 e. The molecule has 1 aromatic carbocycles. The highest BCUT2D eigenvalue weighted by Gasteiger charge is 2.05. The Kier molecular flexibility index (Phi) is 4.05. The summed E-state index contributed by atoms with van der Waals surface area (Å²) in [6, 6.07) is 5.51. The van der Waals surface area contributed by atoms with Crippen LogP contribution in [0.5, 0.6) is 0 Å². The molecule has 1 heterocycles. The zero-order valence-corrected chi connectivity index (χ0v) is 10.7. The molecule has 5 heteroatoms. The topological polar surface area (TPSA) is 54.7 Å². The van der Waals surface area contributed by atoms with E-state index in [2.05, 4.69) is 9.97 Å². The summed E-state index contributed by atoms with van der Waals surface area (Å²) in [4.78, 5) is 7.54. The number of aromatic amines is 1. The zero-order valence-electron chi connectivity index (χ0n) is 9.21. The molecule has 0 radical (unpaired) electrons. The van der Waals surface area contributed by atoms with Crippen molar-refractivity contribution in [2.45, 2.75) is 12.8 Å². The molecule has 0 saturated heterocycles. The summed E-state index contributed by atoms with van der Waals surface area (Å²) in [5.74, 6) is 0.941. The van der Waals surface area contributed by atoms with Gasteiger partial charge in [0, 0.05) is 12.0 Å². The molecule has 0 aliphatic heterocycles. The van der Waals surface area contributed by atoms with Gasteiger partial charge in [0.1, 0.15) is 5.82 Å². The Balaban J connectivity index is 2.21. The summed E-state index contributed by atoms with van der Waals surface area (Å²) < 4.78 is 0. The van der Waals surface area contributed by atoms with Gasteiger partial charge in [0.05, 0.1) is 21.9 Å². The second-order valence-electron chi connectivity index (χ2n) is 3.76. The first-order chi connectivity index (χ1) is 8.20. The summed E-state index contributed by atoms with van der Waals surface area (Å²) in [5.41, 5.74) is 7.38. The second kappa shape index (κ2) is 5.54. The monoisotopic (exact) mass is 269 g/mol. The van der Waals surface area contributed by atoms with E-state index in [-0.39, 0.29) is 0 Å². The Morgan fingerprint density at radius 3 is 2.76 bits per heavy atom. The van der Waals surface area contributed by atoms with Crippen LogP contribution in [-0.2, 0) is 6.42 Å². The van der Waals surface area contributed by atoms with E-state index in [1.165, 1.54) is 0 Å². The summed E-state index contributed by atoms with van der Waals surface area (Å²) in [6.07, 6.45) is 3.58. The Bertz CT molecular complexity index is 508. The lowest BCUT2D eigenvalue weighted by Gasteiger charge is -2.00. The van der Waals surface area contributed by atoms with Crippen LogP contribution in [0.15, 0.2) is 24.4 Å². The van der Waals surface area contributed by atoms with Gasteiger partial charge in [-0.3, -0.25) is 0 Å². The molecule has 0 amide bonds. The van der Waals surface area contributed by atoms with Crippen molar-refractivity contribution < 1.29 is 0 Å². The molecule has 2 rings (SSSR count). The number of imidazole rings is 1. The molecule has 0 unspecified atom stereocenters. The highest BCUT2D eigenvalue weighted by atomic mass is 35.5. The van der Waals surface area contributed by atoms with Crippen LogP contribution in [0.3, 0.4) is 0 Å². The van der Waals surface area contributed by atoms with Crippen molar-refractivity contribution in [1.82, 2.24) is 9.97 Å². The van der Waals surface area contributed by atoms with Gasteiger partial charge in [0.2, 0.25) is 0 Å². The quantitative estimate of drug-likeness (QED) is 0.895. The number of nitrogens with zero attached hydrogens (tertiary/aromatic N) is 1. The molecule has 0 fully saturated rings. The highest BCUT2D eigenvalue weighted by molar-refractivity contribution is 6.42. The number of nitrogens with one attached hydrogen (secondary N) is 1. The first-order valence-electron chi connectivity index (χ1n) is 5.40. The lowest BCUT2D eigenvalue weighted by Crippen LogP contribution is -2.01. The van der Waals surface area contributed by atoms with Gasteiger partial charge in [0.25, 0.3) is 0 Å². The Morgan fingerprint density at radius 1 is 1.24 bits per heavy atom. The molecule has 0 spiro atoms. The predicted octanol–water partition coefficient (Wildman–Crippen LogP) is 3.27. The number of nitrogens with two attached hydrogens (primary N) is 1. The molecule has 3 N–H and O–H groups in total. The molecule has 2 aromatic rings. The van der Waals surface area contributed by atoms with Gasteiger partial charge >= 0.3 is 0 Å². The third kappa shape index (κ3) is 3.00. The van der Waals surface area contributed by atoms with Crippen LogP contribution in [-0.4, -0.2) is 16.5 Å².